The van der Waals surface area contributed by atoms with Gasteiger partial charge in [0.25, 0.3) is 11.5 Å². The molecule has 0 spiro atoms. The van der Waals surface area contributed by atoms with E-state index in [9.17, 15) is 19.1 Å². The first-order chi connectivity index (χ1) is 13.0. The lowest BCUT2D eigenvalue weighted by Gasteiger charge is -2.26. The topological polar surface area (TPSA) is 84.2 Å². The molecule has 3 aromatic rings. The first-order valence-electron chi connectivity index (χ1n) is 8.75. The van der Waals surface area contributed by atoms with Crippen LogP contribution in [0.4, 0.5) is 4.39 Å². The molecule has 0 saturated carbocycles. The van der Waals surface area contributed by atoms with Gasteiger partial charge in [0.1, 0.15) is 17.1 Å². The van der Waals surface area contributed by atoms with Gasteiger partial charge in [0, 0.05) is 17.6 Å². The Balaban J connectivity index is 1.84. The molecule has 27 heavy (non-hydrogen) atoms. The van der Waals surface area contributed by atoms with Crippen molar-refractivity contribution in [2.24, 2.45) is 0 Å². The Morgan fingerprint density at radius 2 is 2.22 bits per heavy atom. The molecule has 1 unspecified atom stereocenters. The molecule has 4 rings (SSSR count). The Bertz CT molecular complexity index is 1110. The molecular formula is C20H18FN3O3. The molecule has 0 bridgehead atoms. The quantitative estimate of drug-likeness (QED) is 0.745. The minimum atomic E-state index is -0.711. The van der Waals surface area contributed by atoms with Crippen LogP contribution >= 0.6 is 0 Å². The number of amides is 1. The standard InChI is InChI=1S/C20H18FN3O3/c1-11-5-6-12-8-13(21)9-15-17(12)24(11)20(27)16(18(15)25)19(26)23-10-14-4-2-3-7-22-14/h2-4,7-9,11,25H,5-6,10H2,1H3,(H,23,26). The van der Waals surface area contributed by atoms with Crippen LogP contribution in [-0.4, -0.2) is 20.6 Å². The summed E-state index contributed by atoms with van der Waals surface area (Å²) in [6.45, 7) is 1.99. The Kier molecular flexibility index (Phi) is 4.14. The third kappa shape index (κ3) is 2.85. The number of carbonyl (C=O) groups is 1. The van der Waals surface area contributed by atoms with Crippen molar-refractivity contribution in [1.29, 1.82) is 0 Å². The summed E-state index contributed by atoms with van der Waals surface area (Å²) in [7, 11) is 0. The highest BCUT2D eigenvalue weighted by atomic mass is 19.1. The van der Waals surface area contributed by atoms with Crippen LogP contribution in [0, 0.1) is 5.82 Å². The van der Waals surface area contributed by atoms with Crippen molar-refractivity contribution in [3.05, 3.63) is 69.5 Å². The Labute approximate surface area is 154 Å². The number of nitrogens with zero attached hydrogens (tertiary/aromatic N) is 2. The molecule has 7 heteroatoms. The molecule has 0 fully saturated rings. The predicted octanol–water partition coefficient (Wildman–Crippen LogP) is 2.68. The summed E-state index contributed by atoms with van der Waals surface area (Å²) >= 11 is 0. The van der Waals surface area contributed by atoms with Gasteiger partial charge in [0.15, 0.2) is 0 Å². The number of aromatic hydroxyl groups is 1. The van der Waals surface area contributed by atoms with Gasteiger partial charge in [-0.05, 0) is 49.6 Å². The average molecular weight is 367 g/mol. The number of hydrogen-bond donors (Lipinski definition) is 2. The molecule has 2 N–H and O–H groups in total. The second-order valence-electron chi connectivity index (χ2n) is 6.75. The van der Waals surface area contributed by atoms with E-state index in [1.54, 1.807) is 24.4 Å². The van der Waals surface area contributed by atoms with Crippen molar-refractivity contribution in [3.8, 4) is 5.75 Å². The lowest BCUT2D eigenvalue weighted by atomic mass is 9.95. The van der Waals surface area contributed by atoms with Gasteiger partial charge in [0.2, 0.25) is 0 Å². The van der Waals surface area contributed by atoms with E-state index in [0.29, 0.717) is 29.6 Å². The van der Waals surface area contributed by atoms with Crippen LogP contribution in [0.5, 0.6) is 5.75 Å². The van der Waals surface area contributed by atoms with Gasteiger partial charge < -0.3 is 15.0 Å². The fourth-order valence-corrected chi connectivity index (χ4v) is 3.65. The minimum absolute atomic E-state index is 0.112. The molecule has 138 valence electrons. The second kappa shape index (κ2) is 6.50. The number of aromatic nitrogens is 2. The first kappa shape index (κ1) is 17.2. The van der Waals surface area contributed by atoms with E-state index in [4.69, 9.17) is 0 Å². The summed E-state index contributed by atoms with van der Waals surface area (Å²) in [5.41, 5.74) is 0.839. The van der Waals surface area contributed by atoms with Crippen LogP contribution in [0.1, 0.15) is 41.0 Å². The third-order valence-electron chi connectivity index (χ3n) is 4.97. The Hall–Kier alpha value is -3.22. The Morgan fingerprint density at radius 3 is 2.96 bits per heavy atom. The maximum Gasteiger partial charge on any atom is 0.267 e. The average Bonchev–Trinajstić information content (AvgIpc) is 2.66. The number of carbonyl (C=O) groups excluding carboxylic acids is 1. The zero-order valence-electron chi connectivity index (χ0n) is 14.7. The number of rotatable bonds is 3. The monoisotopic (exact) mass is 367 g/mol. The maximum atomic E-state index is 14.0. The summed E-state index contributed by atoms with van der Waals surface area (Å²) in [5, 5.41) is 13.4. The maximum absolute atomic E-state index is 14.0. The second-order valence-corrected chi connectivity index (χ2v) is 6.75. The summed E-state index contributed by atoms with van der Waals surface area (Å²) in [6.07, 6.45) is 2.87. The van der Waals surface area contributed by atoms with Crippen molar-refractivity contribution >= 4 is 16.8 Å². The lowest BCUT2D eigenvalue weighted by molar-refractivity contribution is 0.0945. The lowest BCUT2D eigenvalue weighted by Crippen LogP contribution is -2.36. The highest BCUT2D eigenvalue weighted by Gasteiger charge is 2.28. The van der Waals surface area contributed by atoms with E-state index in [2.05, 4.69) is 10.3 Å². The molecule has 2 aromatic heterocycles. The van der Waals surface area contributed by atoms with Crippen LogP contribution < -0.4 is 10.9 Å². The van der Waals surface area contributed by atoms with Gasteiger partial charge >= 0.3 is 0 Å². The fourth-order valence-electron chi connectivity index (χ4n) is 3.65. The van der Waals surface area contributed by atoms with Crippen molar-refractivity contribution in [2.75, 3.05) is 0 Å². The molecule has 3 heterocycles. The highest BCUT2D eigenvalue weighted by molar-refractivity contribution is 6.03. The van der Waals surface area contributed by atoms with Crippen molar-refractivity contribution in [3.63, 3.8) is 0 Å². The van der Waals surface area contributed by atoms with Gasteiger partial charge in [-0.3, -0.25) is 14.6 Å². The van der Waals surface area contributed by atoms with Gasteiger partial charge in [-0.1, -0.05) is 6.07 Å². The summed E-state index contributed by atoms with van der Waals surface area (Å²) in [5.74, 6) is -1.70. The van der Waals surface area contributed by atoms with E-state index in [0.717, 1.165) is 6.07 Å². The number of pyridine rings is 2. The number of aryl methyl sites for hydroxylation is 1. The van der Waals surface area contributed by atoms with Gasteiger partial charge in [0.05, 0.1) is 17.8 Å². The van der Waals surface area contributed by atoms with Gasteiger partial charge in [-0.25, -0.2) is 4.39 Å². The van der Waals surface area contributed by atoms with Crippen LogP contribution in [0.2, 0.25) is 0 Å². The SMILES string of the molecule is CC1CCc2cc(F)cc3c(O)c(C(=O)NCc4ccccn4)c(=O)n1c23. The van der Waals surface area contributed by atoms with E-state index in [1.165, 1.54) is 10.6 Å². The summed E-state index contributed by atoms with van der Waals surface area (Å²) in [4.78, 5) is 29.8. The van der Waals surface area contributed by atoms with Crippen molar-refractivity contribution in [1.82, 2.24) is 14.9 Å². The van der Waals surface area contributed by atoms with E-state index in [-0.39, 0.29) is 23.5 Å². The third-order valence-corrected chi connectivity index (χ3v) is 4.97. The normalized spacial score (nSPS) is 15.7. The van der Waals surface area contributed by atoms with E-state index in [1.807, 2.05) is 6.92 Å². The van der Waals surface area contributed by atoms with E-state index < -0.39 is 23.0 Å². The minimum Gasteiger partial charge on any atom is -0.506 e. The highest BCUT2D eigenvalue weighted by Crippen LogP contribution is 2.35. The van der Waals surface area contributed by atoms with Crippen LogP contribution in [-0.2, 0) is 13.0 Å². The summed E-state index contributed by atoms with van der Waals surface area (Å²) in [6, 6.07) is 7.67. The zero-order valence-corrected chi connectivity index (χ0v) is 14.7. The number of hydrogen-bond acceptors (Lipinski definition) is 4. The number of benzene rings is 1. The van der Waals surface area contributed by atoms with Crippen LogP contribution in [0.25, 0.3) is 10.9 Å². The molecular weight excluding hydrogens is 349 g/mol. The van der Waals surface area contributed by atoms with Crippen LogP contribution in [0.15, 0.2) is 41.3 Å². The smallest absolute Gasteiger partial charge is 0.267 e. The number of nitrogens with one attached hydrogen (secondary N) is 1. The molecule has 0 saturated heterocycles. The Morgan fingerprint density at radius 1 is 1.41 bits per heavy atom. The molecule has 1 atom stereocenters. The number of halogens is 1. The predicted molar refractivity (Wildman–Crippen MR) is 98.3 cm³/mol. The molecule has 0 radical (unpaired) electrons. The zero-order chi connectivity index (χ0) is 19.1. The molecule has 1 amide bonds. The molecule has 1 aliphatic heterocycles. The van der Waals surface area contributed by atoms with Gasteiger partial charge in [-0.2, -0.15) is 0 Å². The molecule has 1 aromatic carbocycles. The molecule has 0 aliphatic carbocycles. The van der Waals surface area contributed by atoms with Crippen molar-refractivity contribution in [2.45, 2.75) is 32.4 Å². The summed E-state index contributed by atoms with van der Waals surface area (Å²) < 4.78 is 15.5. The first-order valence-corrected chi connectivity index (χ1v) is 8.75. The molecule has 6 nitrogen and oxygen atoms in total. The van der Waals surface area contributed by atoms with Crippen molar-refractivity contribution < 1.29 is 14.3 Å². The molecule has 1 aliphatic rings. The largest absolute Gasteiger partial charge is 0.506 e. The fraction of sp³-hybridized carbons (Fsp3) is 0.250. The van der Waals surface area contributed by atoms with E-state index >= 15 is 0 Å². The van der Waals surface area contributed by atoms with Crippen LogP contribution in [0.3, 0.4) is 0 Å². The van der Waals surface area contributed by atoms with Gasteiger partial charge in [-0.15, -0.1) is 0 Å².